The number of rotatable bonds is 2. The monoisotopic (exact) mass is 203 g/mol. The van der Waals surface area contributed by atoms with Gasteiger partial charge in [-0.1, -0.05) is 12.6 Å². The van der Waals surface area contributed by atoms with Gasteiger partial charge in [-0.2, -0.15) is 0 Å². The molecule has 0 bridgehead atoms. The second kappa shape index (κ2) is 3.77. The highest BCUT2D eigenvalue weighted by molar-refractivity contribution is 5.87. The van der Waals surface area contributed by atoms with Crippen LogP contribution in [0, 0.1) is 0 Å². The molecule has 0 unspecified atom stereocenters. The first-order chi connectivity index (χ1) is 7.20. The zero-order chi connectivity index (χ0) is 10.8. The number of benzene rings is 1. The summed E-state index contributed by atoms with van der Waals surface area (Å²) in [4.78, 5) is 11.2. The highest BCUT2D eigenvalue weighted by atomic mass is 16.3. The van der Waals surface area contributed by atoms with Gasteiger partial charge in [-0.25, -0.2) is 0 Å². The average molecular weight is 203 g/mol. The Labute approximate surface area is 88.4 Å². The van der Waals surface area contributed by atoms with Crippen molar-refractivity contribution in [2.75, 3.05) is 0 Å². The summed E-state index contributed by atoms with van der Waals surface area (Å²) in [6.07, 6.45) is 3.09. The fourth-order valence-corrected chi connectivity index (χ4v) is 1.97. The molecule has 1 amide bonds. The number of hydrogen-bond acceptors (Lipinski definition) is 2. The number of fused-ring (bicyclic) bond motifs is 1. The molecule has 2 rings (SSSR count). The summed E-state index contributed by atoms with van der Waals surface area (Å²) in [6.45, 7) is 3.41. The predicted octanol–water partition coefficient (Wildman–Crippen LogP) is 1.68. The number of aryl methyl sites for hydroxylation is 1. The molecule has 0 aliphatic heterocycles. The third-order valence-electron chi connectivity index (χ3n) is 2.71. The number of carbonyl (C=O) groups excluding carboxylic acids is 1. The quantitative estimate of drug-likeness (QED) is 0.718. The molecule has 1 aliphatic rings. The van der Waals surface area contributed by atoms with Crippen LogP contribution in [0.1, 0.15) is 23.6 Å². The van der Waals surface area contributed by atoms with Gasteiger partial charge >= 0.3 is 0 Å². The Bertz CT molecular complexity index is 412. The van der Waals surface area contributed by atoms with Gasteiger partial charge in [0, 0.05) is 0 Å². The van der Waals surface area contributed by atoms with Crippen molar-refractivity contribution in [3.8, 4) is 5.75 Å². The van der Waals surface area contributed by atoms with Crippen molar-refractivity contribution in [2.45, 2.75) is 18.9 Å². The van der Waals surface area contributed by atoms with E-state index >= 15 is 0 Å². The molecule has 3 heteroatoms. The SMILES string of the molecule is C=CC(=O)N[C@H]1CCc2ccc(O)cc21. The maximum Gasteiger partial charge on any atom is 0.243 e. The molecule has 78 valence electrons. The van der Waals surface area contributed by atoms with Gasteiger partial charge in [-0.3, -0.25) is 4.79 Å². The molecule has 1 aromatic rings. The van der Waals surface area contributed by atoms with Crippen LogP contribution in [-0.4, -0.2) is 11.0 Å². The molecule has 0 saturated carbocycles. The summed E-state index contributed by atoms with van der Waals surface area (Å²) < 4.78 is 0. The summed E-state index contributed by atoms with van der Waals surface area (Å²) in [7, 11) is 0. The smallest absolute Gasteiger partial charge is 0.243 e. The standard InChI is InChI=1S/C12H13NO2/c1-2-12(15)13-11-6-4-8-3-5-9(14)7-10(8)11/h2-3,5,7,11,14H,1,4,6H2,(H,13,15)/t11-/m0/s1. The number of amides is 1. The summed E-state index contributed by atoms with van der Waals surface area (Å²) in [6, 6.07) is 5.31. The largest absolute Gasteiger partial charge is 0.508 e. The van der Waals surface area contributed by atoms with Crippen LogP contribution in [0.3, 0.4) is 0 Å². The number of nitrogens with one attached hydrogen (secondary N) is 1. The van der Waals surface area contributed by atoms with Crippen molar-refractivity contribution < 1.29 is 9.90 Å². The third-order valence-corrected chi connectivity index (χ3v) is 2.71. The zero-order valence-electron chi connectivity index (χ0n) is 8.36. The molecule has 0 saturated heterocycles. The van der Waals surface area contributed by atoms with Crippen LogP contribution >= 0.6 is 0 Å². The lowest BCUT2D eigenvalue weighted by Gasteiger charge is -2.12. The fraction of sp³-hybridized carbons (Fsp3) is 0.250. The number of phenolic OH excluding ortho intramolecular Hbond substituents is 1. The molecule has 0 aromatic heterocycles. The van der Waals surface area contributed by atoms with Crippen LogP contribution in [-0.2, 0) is 11.2 Å². The molecule has 15 heavy (non-hydrogen) atoms. The van der Waals surface area contributed by atoms with Gasteiger partial charge in [0.25, 0.3) is 0 Å². The average Bonchev–Trinajstić information content (AvgIpc) is 2.61. The number of phenols is 1. The van der Waals surface area contributed by atoms with Crippen molar-refractivity contribution in [3.05, 3.63) is 42.0 Å². The van der Waals surface area contributed by atoms with Crippen molar-refractivity contribution in [2.24, 2.45) is 0 Å². The third kappa shape index (κ3) is 1.86. The molecule has 1 atom stereocenters. The molecule has 1 aliphatic carbocycles. The second-order valence-corrected chi connectivity index (χ2v) is 3.69. The normalized spacial score (nSPS) is 18.3. The summed E-state index contributed by atoms with van der Waals surface area (Å²) in [5, 5.41) is 12.2. The van der Waals surface area contributed by atoms with E-state index in [-0.39, 0.29) is 17.7 Å². The summed E-state index contributed by atoms with van der Waals surface area (Å²) >= 11 is 0. The maximum absolute atomic E-state index is 11.2. The van der Waals surface area contributed by atoms with Crippen LogP contribution in [0.4, 0.5) is 0 Å². The molecule has 0 radical (unpaired) electrons. The van der Waals surface area contributed by atoms with E-state index < -0.39 is 0 Å². The lowest BCUT2D eigenvalue weighted by molar-refractivity contribution is -0.117. The first-order valence-electron chi connectivity index (χ1n) is 4.95. The second-order valence-electron chi connectivity index (χ2n) is 3.69. The molecular weight excluding hydrogens is 190 g/mol. The maximum atomic E-state index is 11.2. The van der Waals surface area contributed by atoms with E-state index in [1.807, 2.05) is 6.07 Å². The summed E-state index contributed by atoms with van der Waals surface area (Å²) in [5.74, 6) is 0.0738. The highest BCUT2D eigenvalue weighted by Gasteiger charge is 2.23. The molecule has 2 N–H and O–H groups in total. The first-order valence-corrected chi connectivity index (χ1v) is 4.95. The summed E-state index contributed by atoms with van der Waals surface area (Å²) in [5.41, 5.74) is 2.22. The van der Waals surface area contributed by atoms with Crippen molar-refractivity contribution >= 4 is 5.91 Å². The van der Waals surface area contributed by atoms with E-state index in [2.05, 4.69) is 11.9 Å². The molecule has 1 aromatic carbocycles. The van der Waals surface area contributed by atoms with Crippen LogP contribution in [0.5, 0.6) is 5.75 Å². The molecule has 0 heterocycles. The van der Waals surface area contributed by atoms with E-state index in [1.165, 1.54) is 11.6 Å². The Kier molecular flexibility index (Phi) is 2.46. The van der Waals surface area contributed by atoms with Gasteiger partial charge in [0.2, 0.25) is 5.91 Å². The topological polar surface area (TPSA) is 49.3 Å². The number of carbonyl (C=O) groups is 1. The number of aromatic hydroxyl groups is 1. The Hall–Kier alpha value is -1.77. The fourth-order valence-electron chi connectivity index (χ4n) is 1.97. The molecular formula is C12H13NO2. The predicted molar refractivity (Wildman–Crippen MR) is 57.5 cm³/mol. The van der Waals surface area contributed by atoms with E-state index in [1.54, 1.807) is 12.1 Å². The molecule has 0 spiro atoms. The van der Waals surface area contributed by atoms with Crippen LogP contribution in [0.2, 0.25) is 0 Å². The van der Waals surface area contributed by atoms with Crippen LogP contribution < -0.4 is 5.32 Å². The van der Waals surface area contributed by atoms with Crippen LogP contribution in [0.15, 0.2) is 30.9 Å². The van der Waals surface area contributed by atoms with Gasteiger partial charge in [-0.15, -0.1) is 0 Å². The Morgan fingerprint density at radius 1 is 1.60 bits per heavy atom. The zero-order valence-corrected chi connectivity index (χ0v) is 8.36. The van der Waals surface area contributed by atoms with Gasteiger partial charge < -0.3 is 10.4 Å². The Morgan fingerprint density at radius 3 is 3.13 bits per heavy atom. The van der Waals surface area contributed by atoms with Crippen molar-refractivity contribution in [3.63, 3.8) is 0 Å². The Balaban J connectivity index is 2.23. The van der Waals surface area contributed by atoms with Gasteiger partial charge in [0.05, 0.1) is 6.04 Å². The minimum Gasteiger partial charge on any atom is -0.508 e. The number of hydrogen-bond donors (Lipinski definition) is 2. The van der Waals surface area contributed by atoms with Gasteiger partial charge in [0.1, 0.15) is 5.75 Å². The van der Waals surface area contributed by atoms with Crippen molar-refractivity contribution in [1.29, 1.82) is 0 Å². The lowest BCUT2D eigenvalue weighted by atomic mass is 10.1. The highest BCUT2D eigenvalue weighted by Crippen LogP contribution is 2.33. The first kappa shape index (κ1) is 9.77. The van der Waals surface area contributed by atoms with Crippen molar-refractivity contribution in [1.82, 2.24) is 5.32 Å². The molecule has 0 fully saturated rings. The minimum absolute atomic E-state index is 0.0117. The van der Waals surface area contributed by atoms with E-state index in [4.69, 9.17) is 0 Å². The van der Waals surface area contributed by atoms with Gasteiger partial charge in [0.15, 0.2) is 0 Å². The Morgan fingerprint density at radius 2 is 2.40 bits per heavy atom. The van der Waals surface area contributed by atoms with E-state index in [9.17, 15) is 9.90 Å². The van der Waals surface area contributed by atoms with E-state index in [0.717, 1.165) is 18.4 Å². The minimum atomic E-state index is -0.170. The molecule has 3 nitrogen and oxygen atoms in total. The van der Waals surface area contributed by atoms with Gasteiger partial charge in [-0.05, 0) is 42.2 Å². The van der Waals surface area contributed by atoms with Crippen LogP contribution in [0.25, 0.3) is 0 Å². The lowest BCUT2D eigenvalue weighted by Crippen LogP contribution is -2.24. The van der Waals surface area contributed by atoms with E-state index in [0.29, 0.717) is 0 Å².